The molecule has 2 heterocycles. The van der Waals surface area contributed by atoms with Crippen LogP contribution in [0.1, 0.15) is 55.7 Å². The number of ether oxygens (including phenoxy) is 1. The lowest BCUT2D eigenvalue weighted by Crippen LogP contribution is -2.44. The smallest absolute Gasteiger partial charge is 0.322 e. The van der Waals surface area contributed by atoms with Crippen LogP contribution in [-0.2, 0) is 11.8 Å². The number of aryl methyl sites for hydroxylation is 2. The maximum Gasteiger partial charge on any atom is 0.322 e. The van der Waals surface area contributed by atoms with Crippen LogP contribution in [0.2, 0.25) is 0 Å². The van der Waals surface area contributed by atoms with Gasteiger partial charge in [0.2, 0.25) is 5.69 Å². The molecule has 1 fully saturated rings. The minimum absolute atomic E-state index is 0.00285. The van der Waals surface area contributed by atoms with E-state index in [0.29, 0.717) is 18.9 Å². The highest BCUT2D eigenvalue weighted by molar-refractivity contribution is 5.97. The number of nitro groups is 1. The highest BCUT2D eigenvalue weighted by Gasteiger charge is 2.33. The van der Waals surface area contributed by atoms with E-state index in [4.69, 9.17) is 4.74 Å². The molecule has 0 radical (unpaired) electrons. The molecule has 1 aromatic rings. The van der Waals surface area contributed by atoms with E-state index >= 15 is 0 Å². The molecule has 0 aliphatic carbocycles. The van der Waals surface area contributed by atoms with Crippen molar-refractivity contribution in [2.45, 2.75) is 58.6 Å². The second kappa shape index (κ2) is 7.74. The molecule has 1 aliphatic rings. The largest absolute Gasteiger partial charge is 0.378 e. The molecule has 2 rings (SSSR count). The zero-order valence-electron chi connectivity index (χ0n) is 14.7. The Morgan fingerprint density at radius 1 is 1.50 bits per heavy atom. The van der Waals surface area contributed by atoms with Gasteiger partial charge < -0.3 is 10.1 Å². The van der Waals surface area contributed by atoms with E-state index in [-0.39, 0.29) is 29.2 Å². The summed E-state index contributed by atoms with van der Waals surface area (Å²) in [5.41, 5.74) is 0.0243. The molecule has 0 saturated carbocycles. The van der Waals surface area contributed by atoms with Gasteiger partial charge in [-0.05, 0) is 25.7 Å². The molecule has 134 valence electrons. The Kier molecular flexibility index (Phi) is 5.93. The van der Waals surface area contributed by atoms with Gasteiger partial charge >= 0.3 is 5.69 Å². The van der Waals surface area contributed by atoms with E-state index in [9.17, 15) is 14.9 Å². The van der Waals surface area contributed by atoms with Crippen molar-refractivity contribution in [3.8, 4) is 0 Å². The van der Waals surface area contributed by atoms with Crippen molar-refractivity contribution >= 4 is 11.6 Å². The molecule has 0 bridgehead atoms. The molecular formula is C16H26N4O4. The molecule has 1 aromatic heterocycles. The average Bonchev–Trinajstić information content (AvgIpc) is 2.83. The topological polar surface area (TPSA) is 99.3 Å². The van der Waals surface area contributed by atoms with Gasteiger partial charge in [0, 0.05) is 19.7 Å². The van der Waals surface area contributed by atoms with Crippen molar-refractivity contribution in [3.05, 3.63) is 21.5 Å². The predicted octanol–water partition coefficient (Wildman–Crippen LogP) is 2.35. The number of nitrogens with one attached hydrogen (secondary N) is 1. The van der Waals surface area contributed by atoms with E-state index in [1.165, 1.54) is 11.6 Å². The summed E-state index contributed by atoms with van der Waals surface area (Å²) in [5, 5.41) is 18.2. The molecule has 0 spiro atoms. The molecule has 1 N–H and O–H groups in total. The van der Waals surface area contributed by atoms with E-state index in [1.54, 1.807) is 7.05 Å². The van der Waals surface area contributed by atoms with Crippen molar-refractivity contribution in [2.75, 3.05) is 6.61 Å². The second-order valence-corrected chi connectivity index (χ2v) is 6.34. The summed E-state index contributed by atoms with van der Waals surface area (Å²) in [6.07, 6.45) is 3.65. The van der Waals surface area contributed by atoms with Gasteiger partial charge in [-0.1, -0.05) is 26.7 Å². The predicted molar refractivity (Wildman–Crippen MR) is 88.9 cm³/mol. The van der Waals surface area contributed by atoms with Gasteiger partial charge in [0.1, 0.15) is 5.69 Å². The third-order valence-electron chi connectivity index (χ3n) is 4.81. The maximum absolute atomic E-state index is 12.6. The first kappa shape index (κ1) is 18.4. The zero-order chi connectivity index (χ0) is 17.9. The number of hydrogen-bond acceptors (Lipinski definition) is 5. The standard InChI is InChI=1S/C16H26N4O4/c1-5-11(6-2)13-9-12(7-8-24-13)17-16(21)15-14(20(22)23)10(3)18-19(15)4/h11-13H,5-9H2,1-4H3,(H,17,21)/t12-,13-/m1/s1. The van der Waals surface area contributed by atoms with Crippen molar-refractivity contribution in [1.82, 2.24) is 15.1 Å². The van der Waals surface area contributed by atoms with Gasteiger partial charge in [-0.25, -0.2) is 0 Å². The van der Waals surface area contributed by atoms with Crippen molar-refractivity contribution in [2.24, 2.45) is 13.0 Å². The molecule has 1 saturated heterocycles. The van der Waals surface area contributed by atoms with Gasteiger partial charge in [-0.3, -0.25) is 19.6 Å². The molecular weight excluding hydrogens is 312 g/mol. The van der Waals surface area contributed by atoms with Crippen LogP contribution in [0.25, 0.3) is 0 Å². The van der Waals surface area contributed by atoms with E-state index in [0.717, 1.165) is 19.3 Å². The lowest BCUT2D eigenvalue weighted by atomic mass is 9.89. The van der Waals surface area contributed by atoms with Gasteiger partial charge in [0.25, 0.3) is 5.91 Å². The molecule has 0 aromatic carbocycles. The third-order valence-corrected chi connectivity index (χ3v) is 4.81. The summed E-state index contributed by atoms with van der Waals surface area (Å²) in [4.78, 5) is 23.2. The molecule has 8 nitrogen and oxygen atoms in total. The Labute approximate surface area is 141 Å². The maximum atomic E-state index is 12.6. The number of rotatable bonds is 6. The quantitative estimate of drug-likeness (QED) is 0.634. The lowest BCUT2D eigenvalue weighted by Gasteiger charge is -2.34. The summed E-state index contributed by atoms with van der Waals surface area (Å²) in [6.45, 7) is 6.41. The first-order valence-electron chi connectivity index (χ1n) is 8.49. The minimum atomic E-state index is -0.547. The molecule has 0 unspecified atom stereocenters. The molecule has 8 heteroatoms. The second-order valence-electron chi connectivity index (χ2n) is 6.34. The van der Waals surface area contributed by atoms with Gasteiger partial charge in [-0.15, -0.1) is 0 Å². The number of aromatic nitrogens is 2. The zero-order valence-corrected chi connectivity index (χ0v) is 14.7. The van der Waals surface area contributed by atoms with Crippen LogP contribution < -0.4 is 5.32 Å². The van der Waals surface area contributed by atoms with Crippen LogP contribution in [0.4, 0.5) is 5.69 Å². The summed E-state index contributed by atoms with van der Waals surface area (Å²) >= 11 is 0. The fourth-order valence-corrected chi connectivity index (χ4v) is 3.48. The first-order valence-corrected chi connectivity index (χ1v) is 8.49. The van der Waals surface area contributed by atoms with Crippen LogP contribution in [0.15, 0.2) is 0 Å². The summed E-state index contributed by atoms with van der Waals surface area (Å²) in [5.74, 6) is 0.0259. The Morgan fingerprint density at radius 3 is 2.75 bits per heavy atom. The number of amides is 1. The normalized spacial score (nSPS) is 21.0. The highest BCUT2D eigenvalue weighted by Crippen LogP contribution is 2.26. The third kappa shape index (κ3) is 3.75. The Hall–Kier alpha value is -1.96. The van der Waals surface area contributed by atoms with Gasteiger partial charge in [-0.2, -0.15) is 5.10 Å². The van der Waals surface area contributed by atoms with E-state index in [1.807, 2.05) is 0 Å². The Bertz CT molecular complexity index is 609. The van der Waals surface area contributed by atoms with Crippen LogP contribution in [0.3, 0.4) is 0 Å². The number of carbonyl (C=O) groups excluding carboxylic acids is 1. The minimum Gasteiger partial charge on any atom is -0.378 e. The van der Waals surface area contributed by atoms with Gasteiger partial charge in [0.15, 0.2) is 0 Å². The van der Waals surface area contributed by atoms with Gasteiger partial charge in [0.05, 0.1) is 11.0 Å². The number of hydrogen-bond donors (Lipinski definition) is 1. The SMILES string of the molecule is CCC(CC)[C@H]1C[C@H](NC(=O)c2c([N+](=O)[O-])c(C)nn2C)CCO1. The molecule has 1 aliphatic heterocycles. The molecule has 2 atom stereocenters. The van der Waals surface area contributed by atoms with Crippen molar-refractivity contribution < 1.29 is 14.5 Å². The molecule has 1 amide bonds. The highest BCUT2D eigenvalue weighted by atomic mass is 16.6. The summed E-state index contributed by atoms with van der Waals surface area (Å²) in [7, 11) is 1.55. The van der Waals surface area contributed by atoms with Crippen molar-refractivity contribution in [3.63, 3.8) is 0 Å². The fourth-order valence-electron chi connectivity index (χ4n) is 3.48. The summed E-state index contributed by atoms with van der Waals surface area (Å²) in [6, 6.07) is -0.0355. The van der Waals surface area contributed by atoms with Crippen LogP contribution in [0, 0.1) is 23.0 Å². The fraction of sp³-hybridized carbons (Fsp3) is 0.750. The molecule has 24 heavy (non-hydrogen) atoms. The van der Waals surface area contributed by atoms with Crippen LogP contribution in [0.5, 0.6) is 0 Å². The summed E-state index contributed by atoms with van der Waals surface area (Å²) < 4.78 is 7.13. The van der Waals surface area contributed by atoms with Crippen LogP contribution in [-0.4, -0.2) is 39.4 Å². The van der Waals surface area contributed by atoms with Crippen LogP contribution >= 0.6 is 0 Å². The lowest BCUT2D eigenvalue weighted by molar-refractivity contribution is -0.385. The Morgan fingerprint density at radius 2 is 2.17 bits per heavy atom. The monoisotopic (exact) mass is 338 g/mol. The average molecular weight is 338 g/mol. The number of carbonyl (C=O) groups is 1. The van der Waals surface area contributed by atoms with E-state index < -0.39 is 10.8 Å². The Balaban J connectivity index is 2.11. The van der Waals surface area contributed by atoms with E-state index in [2.05, 4.69) is 24.3 Å². The van der Waals surface area contributed by atoms with Crippen molar-refractivity contribution in [1.29, 1.82) is 0 Å². The number of nitrogens with zero attached hydrogens (tertiary/aromatic N) is 3. The first-order chi connectivity index (χ1) is 11.4.